The van der Waals surface area contributed by atoms with E-state index >= 15 is 0 Å². The van der Waals surface area contributed by atoms with Gasteiger partial charge in [-0.05, 0) is 17.7 Å². The Bertz CT molecular complexity index is 663. The lowest BCUT2D eigenvalue weighted by atomic mass is 10.1. The molecule has 0 radical (unpaired) electrons. The van der Waals surface area contributed by atoms with Crippen LogP contribution in [0.25, 0.3) is 0 Å². The van der Waals surface area contributed by atoms with Gasteiger partial charge in [-0.1, -0.05) is 23.7 Å². The van der Waals surface area contributed by atoms with Gasteiger partial charge in [0.2, 0.25) is 0 Å². The summed E-state index contributed by atoms with van der Waals surface area (Å²) in [5, 5.41) is 4.47. The summed E-state index contributed by atoms with van der Waals surface area (Å²) in [4.78, 5) is 15.7. The van der Waals surface area contributed by atoms with Crippen LogP contribution >= 0.6 is 11.6 Å². The third-order valence-corrected chi connectivity index (χ3v) is 3.30. The summed E-state index contributed by atoms with van der Waals surface area (Å²) in [6, 6.07) is 6.67. The standard InChI is InChI=1S/C15H15ClF3N3O3/c16-12-3-1-11(2-4-12)13(7-22-10-20-9-21-22)25-14(23)5-6-24-8-15(17,18)19/h1-4,9-10,13H,5-8H2/t13-/m1/s1. The fraction of sp³-hybridized carbons (Fsp3) is 0.400. The summed E-state index contributed by atoms with van der Waals surface area (Å²) in [6.45, 7) is -1.58. The Hall–Kier alpha value is -2.13. The van der Waals surface area contributed by atoms with Crippen LogP contribution < -0.4 is 0 Å². The van der Waals surface area contributed by atoms with Gasteiger partial charge in [-0.3, -0.25) is 4.79 Å². The highest BCUT2D eigenvalue weighted by molar-refractivity contribution is 6.30. The molecule has 0 amide bonds. The van der Waals surface area contributed by atoms with Gasteiger partial charge in [0, 0.05) is 5.02 Å². The lowest BCUT2D eigenvalue weighted by Gasteiger charge is -2.18. The van der Waals surface area contributed by atoms with Crippen LogP contribution in [0.2, 0.25) is 5.02 Å². The van der Waals surface area contributed by atoms with Crippen LogP contribution in [0, 0.1) is 0 Å². The molecule has 0 fully saturated rings. The molecule has 0 unspecified atom stereocenters. The number of esters is 1. The van der Waals surface area contributed by atoms with Gasteiger partial charge in [0.05, 0.1) is 19.6 Å². The van der Waals surface area contributed by atoms with Gasteiger partial charge < -0.3 is 9.47 Å². The van der Waals surface area contributed by atoms with Crippen LogP contribution in [0.1, 0.15) is 18.1 Å². The Morgan fingerprint density at radius 2 is 2.00 bits per heavy atom. The van der Waals surface area contributed by atoms with Crippen LogP contribution in [-0.2, 0) is 20.8 Å². The smallest absolute Gasteiger partial charge is 0.411 e. The van der Waals surface area contributed by atoms with Gasteiger partial charge in [-0.25, -0.2) is 9.67 Å². The molecular formula is C15H15ClF3N3O3. The minimum atomic E-state index is -4.43. The second kappa shape index (κ2) is 8.82. The number of hydrogen-bond acceptors (Lipinski definition) is 5. The largest absolute Gasteiger partial charge is 0.455 e. The molecule has 25 heavy (non-hydrogen) atoms. The van der Waals surface area contributed by atoms with Gasteiger partial charge in [0.25, 0.3) is 0 Å². The van der Waals surface area contributed by atoms with E-state index in [1.807, 2.05) is 0 Å². The Balaban J connectivity index is 1.93. The molecule has 136 valence electrons. The maximum atomic E-state index is 12.0. The lowest BCUT2D eigenvalue weighted by Crippen LogP contribution is -2.21. The third kappa shape index (κ3) is 7.10. The Labute approximate surface area is 146 Å². The first-order valence-corrected chi connectivity index (χ1v) is 7.63. The first-order chi connectivity index (χ1) is 11.8. The van der Waals surface area contributed by atoms with E-state index in [1.54, 1.807) is 24.3 Å². The summed E-state index contributed by atoms with van der Waals surface area (Å²) >= 11 is 5.84. The highest BCUT2D eigenvalue weighted by atomic mass is 35.5. The molecule has 0 saturated carbocycles. The molecule has 2 aromatic rings. The van der Waals surface area contributed by atoms with E-state index in [2.05, 4.69) is 14.8 Å². The van der Waals surface area contributed by atoms with Crippen molar-refractivity contribution in [2.75, 3.05) is 13.2 Å². The van der Waals surface area contributed by atoms with E-state index in [0.29, 0.717) is 10.6 Å². The van der Waals surface area contributed by atoms with Gasteiger partial charge >= 0.3 is 12.1 Å². The van der Waals surface area contributed by atoms with Crippen LogP contribution in [0.4, 0.5) is 13.2 Å². The molecule has 1 heterocycles. The number of ether oxygens (including phenoxy) is 2. The minimum Gasteiger partial charge on any atom is -0.455 e. The molecule has 1 atom stereocenters. The van der Waals surface area contributed by atoms with E-state index in [4.69, 9.17) is 16.3 Å². The molecule has 1 aromatic heterocycles. The molecular weight excluding hydrogens is 363 g/mol. The van der Waals surface area contributed by atoms with Crippen molar-refractivity contribution < 1.29 is 27.4 Å². The Morgan fingerprint density at radius 1 is 1.28 bits per heavy atom. The number of carbonyl (C=O) groups is 1. The van der Waals surface area contributed by atoms with Crippen molar-refractivity contribution in [3.8, 4) is 0 Å². The zero-order valence-corrected chi connectivity index (χ0v) is 13.7. The quantitative estimate of drug-likeness (QED) is 0.522. The SMILES string of the molecule is O=C(CCOCC(F)(F)F)O[C@H](Cn1cncn1)c1ccc(Cl)cc1. The molecule has 2 rings (SSSR count). The lowest BCUT2D eigenvalue weighted by molar-refractivity contribution is -0.177. The van der Waals surface area contributed by atoms with Crippen LogP contribution in [-0.4, -0.2) is 40.1 Å². The molecule has 6 nitrogen and oxygen atoms in total. The van der Waals surface area contributed by atoms with Crippen molar-refractivity contribution in [1.29, 1.82) is 0 Å². The number of halogens is 4. The summed E-state index contributed by atoms with van der Waals surface area (Å²) < 4.78 is 47.2. The van der Waals surface area contributed by atoms with Gasteiger partial charge in [-0.15, -0.1) is 0 Å². The summed E-state index contributed by atoms with van der Waals surface area (Å²) in [5.74, 6) is -0.678. The molecule has 1 aromatic carbocycles. The van der Waals surface area contributed by atoms with Crippen molar-refractivity contribution in [1.82, 2.24) is 14.8 Å². The maximum absolute atomic E-state index is 12.0. The number of aromatic nitrogens is 3. The minimum absolute atomic E-state index is 0.205. The molecule has 0 saturated heterocycles. The van der Waals surface area contributed by atoms with Crippen molar-refractivity contribution >= 4 is 17.6 Å². The molecule has 0 spiro atoms. The topological polar surface area (TPSA) is 66.2 Å². The van der Waals surface area contributed by atoms with Crippen LogP contribution in [0.15, 0.2) is 36.9 Å². The zero-order chi connectivity index (χ0) is 18.3. The van der Waals surface area contributed by atoms with Crippen molar-refractivity contribution in [3.63, 3.8) is 0 Å². The summed E-state index contributed by atoms with van der Waals surface area (Å²) in [6.07, 6.45) is -2.61. The second-order valence-corrected chi connectivity index (χ2v) is 5.50. The predicted molar refractivity (Wildman–Crippen MR) is 81.8 cm³/mol. The van der Waals surface area contributed by atoms with Crippen molar-refractivity contribution in [2.24, 2.45) is 0 Å². The Morgan fingerprint density at radius 3 is 2.60 bits per heavy atom. The second-order valence-electron chi connectivity index (χ2n) is 5.07. The number of alkyl halides is 3. The average molecular weight is 378 g/mol. The van der Waals surface area contributed by atoms with E-state index in [1.165, 1.54) is 17.3 Å². The van der Waals surface area contributed by atoms with Crippen molar-refractivity contribution in [2.45, 2.75) is 25.2 Å². The fourth-order valence-electron chi connectivity index (χ4n) is 1.95. The van der Waals surface area contributed by atoms with Gasteiger partial charge in [-0.2, -0.15) is 18.3 Å². The molecule has 0 aliphatic rings. The first-order valence-electron chi connectivity index (χ1n) is 7.25. The molecule has 10 heteroatoms. The fourth-order valence-corrected chi connectivity index (χ4v) is 2.07. The molecule has 0 aliphatic heterocycles. The number of benzene rings is 1. The summed E-state index contributed by atoms with van der Waals surface area (Å²) in [7, 11) is 0. The first kappa shape index (κ1) is 19.2. The Kier molecular flexibility index (Phi) is 6.77. The maximum Gasteiger partial charge on any atom is 0.411 e. The van der Waals surface area contributed by atoms with E-state index < -0.39 is 24.9 Å². The van der Waals surface area contributed by atoms with Crippen LogP contribution in [0.3, 0.4) is 0 Å². The monoisotopic (exact) mass is 377 g/mol. The van der Waals surface area contributed by atoms with Gasteiger partial charge in [0.15, 0.2) is 0 Å². The van der Waals surface area contributed by atoms with Crippen LogP contribution in [0.5, 0.6) is 0 Å². The summed E-state index contributed by atoms with van der Waals surface area (Å²) in [5.41, 5.74) is 0.671. The highest BCUT2D eigenvalue weighted by Gasteiger charge is 2.27. The normalized spacial score (nSPS) is 12.8. The molecule has 0 aliphatic carbocycles. The van der Waals surface area contributed by atoms with E-state index in [0.717, 1.165) is 0 Å². The third-order valence-electron chi connectivity index (χ3n) is 3.05. The number of hydrogen-bond donors (Lipinski definition) is 0. The number of nitrogens with zero attached hydrogens (tertiary/aromatic N) is 3. The number of rotatable bonds is 8. The highest BCUT2D eigenvalue weighted by Crippen LogP contribution is 2.22. The predicted octanol–water partition coefficient (Wildman–Crippen LogP) is 3.19. The average Bonchev–Trinajstić information content (AvgIpc) is 3.04. The zero-order valence-electron chi connectivity index (χ0n) is 12.9. The van der Waals surface area contributed by atoms with E-state index in [9.17, 15) is 18.0 Å². The van der Waals surface area contributed by atoms with Gasteiger partial charge in [0.1, 0.15) is 25.4 Å². The molecule has 0 N–H and O–H groups in total. The van der Waals surface area contributed by atoms with Crippen molar-refractivity contribution in [3.05, 3.63) is 47.5 Å². The molecule has 0 bridgehead atoms. The number of carbonyl (C=O) groups excluding carboxylic acids is 1. The van der Waals surface area contributed by atoms with E-state index in [-0.39, 0.29) is 19.6 Å².